The van der Waals surface area contributed by atoms with E-state index in [9.17, 15) is 4.79 Å². The van der Waals surface area contributed by atoms with Gasteiger partial charge in [-0.2, -0.15) is 0 Å². The lowest BCUT2D eigenvalue weighted by Gasteiger charge is -2.24. The van der Waals surface area contributed by atoms with Crippen molar-refractivity contribution in [1.29, 1.82) is 0 Å². The SMILES string of the molecule is CN1CCCc2c1nc[nH]c2=O. The van der Waals surface area contributed by atoms with E-state index in [2.05, 4.69) is 9.97 Å². The second kappa shape index (κ2) is 2.62. The van der Waals surface area contributed by atoms with E-state index in [4.69, 9.17) is 0 Å². The number of nitrogens with one attached hydrogen (secondary N) is 1. The zero-order chi connectivity index (χ0) is 8.55. The van der Waals surface area contributed by atoms with Gasteiger partial charge >= 0.3 is 0 Å². The molecule has 4 nitrogen and oxygen atoms in total. The van der Waals surface area contributed by atoms with E-state index >= 15 is 0 Å². The third-order valence-electron chi connectivity index (χ3n) is 2.21. The number of hydrogen-bond donors (Lipinski definition) is 1. The Balaban J connectivity index is 2.59. The van der Waals surface area contributed by atoms with Crippen molar-refractivity contribution in [2.24, 2.45) is 0 Å². The molecule has 0 saturated carbocycles. The second-order valence-electron chi connectivity index (χ2n) is 3.06. The van der Waals surface area contributed by atoms with E-state index in [1.807, 2.05) is 11.9 Å². The van der Waals surface area contributed by atoms with Gasteiger partial charge < -0.3 is 9.88 Å². The van der Waals surface area contributed by atoms with Crippen molar-refractivity contribution in [2.75, 3.05) is 18.5 Å². The summed E-state index contributed by atoms with van der Waals surface area (Å²) in [5, 5.41) is 0. The molecule has 0 amide bonds. The number of fused-ring (bicyclic) bond motifs is 1. The number of nitrogens with zero attached hydrogens (tertiary/aromatic N) is 2. The van der Waals surface area contributed by atoms with Crippen LogP contribution in [0.15, 0.2) is 11.1 Å². The lowest BCUT2D eigenvalue weighted by molar-refractivity contribution is 0.717. The molecule has 12 heavy (non-hydrogen) atoms. The molecule has 1 aromatic heterocycles. The molecule has 0 fully saturated rings. The molecule has 1 aliphatic rings. The first-order chi connectivity index (χ1) is 5.79. The Hall–Kier alpha value is -1.32. The van der Waals surface area contributed by atoms with E-state index < -0.39 is 0 Å². The van der Waals surface area contributed by atoms with Gasteiger partial charge in [-0.25, -0.2) is 4.98 Å². The number of anilines is 1. The first kappa shape index (κ1) is 7.34. The van der Waals surface area contributed by atoms with Gasteiger partial charge in [0.1, 0.15) is 5.82 Å². The molecule has 0 bridgehead atoms. The van der Waals surface area contributed by atoms with Crippen LogP contribution in [-0.2, 0) is 6.42 Å². The zero-order valence-electron chi connectivity index (χ0n) is 7.00. The number of rotatable bonds is 0. The Morgan fingerprint density at radius 2 is 2.50 bits per heavy atom. The summed E-state index contributed by atoms with van der Waals surface area (Å²) >= 11 is 0. The van der Waals surface area contributed by atoms with E-state index in [0.717, 1.165) is 30.8 Å². The Labute approximate surface area is 70.2 Å². The maximum Gasteiger partial charge on any atom is 0.256 e. The summed E-state index contributed by atoms with van der Waals surface area (Å²) in [6, 6.07) is 0. The molecule has 1 aromatic rings. The Bertz CT molecular complexity index is 344. The van der Waals surface area contributed by atoms with Crippen LogP contribution in [0, 0.1) is 0 Å². The van der Waals surface area contributed by atoms with Crippen molar-refractivity contribution in [3.63, 3.8) is 0 Å². The van der Waals surface area contributed by atoms with Crippen molar-refractivity contribution >= 4 is 5.82 Å². The summed E-state index contributed by atoms with van der Waals surface area (Å²) in [7, 11) is 1.96. The standard InChI is InChI=1S/C8H11N3O/c1-11-4-2-3-6-7(11)9-5-10-8(6)12/h5H,2-4H2,1H3,(H,9,10,12). The minimum Gasteiger partial charge on any atom is -0.359 e. The summed E-state index contributed by atoms with van der Waals surface area (Å²) in [6.07, 6.45) is 3.35. The molecule has 0 radical (unpaired) electrons. The van der Waals surface area contributed by atoms with Gasteiger partial charge in [0.05, 0.1) is 11.9 Å². The van der Waals surface area contributed by atoms with Crippen LogP contribution in [0.3, 0.4) is 0 Å². The van der Waals surface area contributed by atoms with Crippen LogP contribution in [0.4, 0.5) is 5.82 Å². The van der Waals surface area contributed by atoms with Gasteiger partial charge in [0, 0.05) is 13.6 Å². The maximum absolute atomic E-state index is 11.3. The summed E-state index contributed by atoms with van der Waals surface area (Å²) in [4.78, 5) is 20.0. The summed E-state index contributed by atoms with van der Waals surface area (Å²) < 4.78 is 0. The highest BCUT2D eigenvalue weighted by Gasteiger charge is 2.16. The molecule has 4 heteroatoms. The average Bonchev–Trinajstić information content (AvgIpc) is 2.07. The van der Waals surface area contributed by atoms with E-state index in [-0.39, 0.29) is 5.56 Å². The minimum absolute atomic E-state index is 0.00606. The average molecular weight is 165 g/mol. The van der Waals surface area contributed by atoms with E-state index in [1.165, 1.54) is 6.33 Å². The van der Waals surface area contributed by atoms with Crippen LogP contribution in [0.25, 0.3) is 0 Å². The first-order valence-corrected chi connectivity index (χ1v) is 4.07. The molecule has 0 aromatic carbocycles. The molecule has 2 heterocycles. The van der Waals surface area contributed by atoms with Crippen LogP contribution < -0.4 is 10.5 Å². The molecule has 0 aliphatic carbocycles. The van der Waals surface area contributed by atoms with Crippen molar-refractivity contribution in [1.82, 2.24) is 9.97 Å². The van der Waals surface area contributed by atoms with Gasteiger partial charge in [0.2, 0.25) is 0 Å². The fourth-order valence-corrected chi connectivity index (χ4v) is 1.57. The number of hydrogen-bond acceptors (Lipinski definition) is 3. The molecule has 1 aliphatic heterocycles. The molecule has 0 saturated heterocycles. The Morgan fingerprint density at radius 1 is 1.67 bits per heavy atom. The summed E-state index contributed by atoms with van der Waals surface area (Å²) in [5.74, 6) is 0.838. The second-order valence-corrected chi connectivity index (χ2v) is 3.06. The topological polar surface area (TPSA) is 49.0 Å². The fraction of sp³-hybridized carbons (Fsp3) is 0.500. The van der Waals surface area contributed by atoms with Gasteiger partial charge in [0.25, 0.3) is 5.56 Å². The molecule has 0 unspecified atom stereocenters. The molecule has 0 atom stereocenters. The van der Waals surface area contributed by atoms with E-state index in [1.54, 1.807) is 0 Å². The number of H-pyrrole nitrogens is 1. The van der Waals surface area contributed by atoms with Crippen molar-refractivity contribution in [3.05, 3.63) is 22.2 Å². The van der Waals surface area contributed by atoms with Crippen molar-refractivity contribution in [2.45, 2.75) is 12.8 Å². The van der Waals surface area contributed by atoms with Gasteiger partial charge in [0.15, 0.2) is 0 Å². The fourth-order valence-electron chi connectivity index (χ4n) is 1.57. The van der Waals surface area contributed by atoms with Gasteiger partial charge in [-0.15, -0.1) is 0 Å². The Morgan fingerprint density at radius 3 is 3.25 bits per heavy atom. The van der Waals surface area contributed by atoms with Gasteiger partial charge in [-0.1, -0.05) is 0 Å². The van der Waals surface area contributed by atoms with Crippen LogP contribution in [0.5, 0.6) is 0 Å². The quantitative estimate of drug-likeness (QED) is 0.595. The molecular formula is C8H11N3O. The largest absolute Gasteiger partial charge is 0.359 e. The van der Waals surface area contributed by atoms with Crippen molar-refractivity contribution < 1.29 is 0 Å². The molecule has 0 spiro atoms. The predicted octanol–water partition coefficient (Wildman–Crippen LogP) is 0.152. The number of aromatic nitrogens is 2. The highest BCUT2D eigenvalue weighted by molar-refractivity contribution is 5.46. The predicted molar refractivity (Wildman–Crippen MR) is 46.4 cm³/mol. The van der Waals surface area contributed by atoms with E-state index in [0.29, 0.717) is 0 Å². The highest BCUT2D eigenvalue weighted by atomic mass is 16.1. The third kappa shape index (κ3) is 0.995. The minimum atomic E-state index is 0.00606. The normalized spacial score (nSPS) is 15.9. The van der Waals surface area contributed by atoms with Crippen LogP contribution in [0.2, 0.25) is 0 Å². The van der Waals surface area contributed by atoms with Crippen LogP contribution in [0.1, 0.15) is 12.0 Å². The number of aromatic amines is 1. The monoisotopic (exact) mass is 165 g/mol. The lowest BCUT2D eigenvalue weighted by atomic mass is 10.1. The van der Waals surface area contributed by atoms with Gasteiger partial charge in [-0.3, -0.25) is 4.79 Å². The van der Waals surface area contributed by atoms with Crippen molar-refractivity contribution in [3.8, 4) is 0 Å². The molecule has 64 valence electrons. The summed E-state index contributed by atoms with van der Waals surface area (Å²) in [5.41, 5.74) is 0.831. The third-order valence-corrected chi connectivity index (χ3v) is 2.21. The Kier molecular flexibility index (Phi) is 1.60. The van der Waals surface area contributed by atoms with Crippen LogP contribution in [-0.4, -0.2) is 23.6 Å². The smallest absolute Gasteiger partial charge is 0.256 e. The lowest BCUT2D eigenvalue weighted by Crippen LogP contribution is -2.30. The van der Waals surface area contributed by atoms with Gasteiger partial charge in [-0.05, 0) is 12.8 Å². The maximum atomic E-state index is 11.3. The molecular weight excluding hydrogens is 154 g/mol. The first-order valence-electron chi connectivity index (χ1n) is 4.07. The zero-order valence-corrected chi connectivity index (χ0v) is 7.00. The summed E-state index contributed by atoms with van der Waals surface area (Å²) in [6.45, 7) is 0.990. The van der Waals surface area contributed by atoms with Crippen LogP contribution >= 0.6 is 0 Å². The highest BCUT2D eigenvalue weighted by Crippen LogP contribution is 2.18. The molecule has 2 rings (SSSR count). The molecule has 1 N–H and O–H groups in total.